The van der Waals surface area contributed by atoms with Gasteiger partial charge in [-0.2, -0.15) is 5.10 Å². The number of hydrazone groups is 1. The topological polar surface area (TPSA) is 53.7 Å². The van der Waals surface area contributed by atoms with Crippen LogP contribution in [-0.2, 0) is 0 Å². The van der Waals surface area contributed by atoms with Crippen LogP contribution in [-0.4, -0.2) is 27.3 Å². The van der Waals surface area contributed by atoms with E-state index < -0.39 is 0 Å². The molecule has 0 aliphatic heterocycles. The normalized spacial score (nSPS) is 11.3. The molecule has 0 unspecified atom stereocenters. The SMILES string of the molecule is CCCCNC(=S)N/N=C\c1c(C)nc2scc(C)n12. The van der Waals surface area contributed by atoms with Crippen LogP contribution in [0.25, 0.3) is 4.96 Å². The van der Waals surface area contributed by atoms with Crippen molar-refractivity contribution < 1.29 is 0 Å². The Morgan fingerprint density at radius 3 is 3.10 bits per heavy atom. The van der Waals surface area contributed by atoms with Gasteiger partial charge in [-0.05, 0) is 32.5 Å². The van der Waals surface area contributed by atoms with E-state index in [-0.39, 0.29) is 0 Å². The molecular weight excluding hydrogens is 290 g/mol. The van der Waals surface area contributed by atoms with Crippen LogP contribution in [0.15, 0.2) is 10.5 Å². The second-order valence-electron chi connectivity index (χ2n) is 4.56. The molecule has 0 aliphatic rings. The maximum atomic E-state index is 5.14. The van der Waals surface area contributed by atoms with Crippen molar-refractivity contribution >= 4 is 39.8 Å². The van der Waals surface area contributed by atoms with Crippen molar-refractivity contribution in [2.75, 3.05) is 6.54 Å². The predicted octanol–water partition coefficient (Wildman–Crippen LogP) is 2.61. The number of imidazole rings is 1. The molecule has 0 amide bonds. The molecule has 0 saturated carbocycles. The number of thiazole rings is 1. The average molecular weight is 309 g/mol. The number of hydrogen-bond acceptors (Lipinski definition) is 4. The van der Waals surface area contributed by atoms with E-state index in [1.54, 1.807) is 17.6 Å². The minimum Gasteiger partial charge on any atom is -0.361 e. The van der Waals surface area contributed by atoms with E-state index in [9.17, 15) is 0 Å². The standard InChI is InChI=1S/C13H19N5S2/c1-4-5-6-14-12(19)17-15-7-11-10(3)16-13-18(11)9(2)8-20-13/h7-8H,4-6H2,1-3H3,(H2,14,17,19)/b15-7-. The summed E-state index contributed by atoms with van der Waals surface area (Å²) in [4.78, 5) is 5.50. The third kappa shape index (κ3) is 3.34. The molecular formula is C13H19N5S2. The van der Waals surface area contributed by atoms with Gasteiger partial charge in [-0.3, -0.25) is 9.83 Å². The Morgan fingerprint density at radius 1 is 1.55 bits per heavy atom. The lowest BCUT2D eigenvalue weighted by atomic mass is 10.3. The summed E-state index contributed by atoms with van der Waals surface area (Å²) in [5, 5.41) is 9.94. The highest BCUT2D eigenvalue weighted by Crippen LogP contribution is 2.18. The highest BCUT2D eigenvalue weighted by molar-refractivity contribution is 7.80. The fourth-order valence-electron chi connectivity index (χ4n) is 1.85. The number of nitrogens with zero attached hydrogens (tertiary/aromatic N) is 3. The summed E-state index contributed by atoms with van der Waals surface area (Å²) >= 11 is 6.78. The summed E-state index contributed by atoms with van der Waals surface area (Å²) in [6.07, 6.45) is 4.01. The lowest BCUT2D eigenvalue weighted by molar-refractivity contribution is 0.745. The minimum atomic E-state index is 0.551. The molecule has 0 radical (unpaired) electrons. The maximum absolute atomic E-state index is 5.14. The molecule has 2 N–H and O–H groups in total. The molecule has 2 aromatic rings. The molecule has 0 spiro atoms. The molecule has 20 heavy (non-hydrogen) atoms. The molecule has 2 heterocycles. The summed E-state index contributed by atoms with van der Waals surface area (Å²) < 4.78 is 2.10. The number of thiocarbonyl (C=S) groups is 1. The number of nitrogens with one attached hydrogen (secondary N) is 2. The van der Waals surface area contributed by atoms with Gasteiger partial charge < -0.3 is 5.32 Å². The Labute approximate surface area is 128 Å². The van der Waals surface area contributed by atoms with Crippen LogP contribution < -0.4 is 10.7 Å². The largest absolute Gasteiger partial charge is 0.361 e. The van der Waals surface area contributed by atoms with E-state index in [1.807, 2.05) is 6.92 Å². The number of aryl methyl sites for hydroxylation is 2. The highest BCUT2D eigenvalue weighted by Gasteiger charge is 2.09. The van der Waals surface area contributed by atoms with E-state index in [0.29, 0.717) is 5.11 Å². The fraction of sp³-hybridized carbons (Fsp3) is 0.462. The Kier molecular flexibility index (Phi) is 5.08. The first-order chi connectivity index (χ1) is 9.63. The highest BCUT2D eigenvalue weighted by atomic mass is 32.1. The van der Waals surface area contributed by atoms with Crippen LogP contribution in [0.3, 0.4) is 0 Å². The van der Waals surface area contributed by atoms with Gasteiger partial charge in [0, 0.05) is 17.6 Å². The summed E-state index contributed by atoms with van der Waals surface area (Å²) in [6.45, 7) is 7.06. The summed E-state index contributed by atoms with van der Waals surface area (Å²) in [5.74, 6) is 0. The molecule has 0 atom stereocenters. The molecule has 7 heteroatoms. The smallest absolute Gasteiger partial charge is 0.194 e. The predicted molar refractivity (Wildman–Crippen MR) is 88.8 cm³/mol. The zero-order valence-corrected chi connectivity index (χ0v) is 13.6. The van der Waals surface area contributed by atoms with Gasteiger partial charge in [-0.25, -0.2) is 4.98 Å². The van der Waals surface area contributed by atoms with Crippen molar-refractivity contribution in [2.45, 2.75) is 33.6 Å². The van der Waals surface area contributed by atoms with E-state index in [2.05, 4.69) is 44.5 Å². The number of hydrogen-bond donors (Lipinski definition) is 2. The first-order valence-electron chi connectivity index (χ1n) is 6.63. The third-order valence-electron chi connectivity index (χ3n) is 2.92. The molecule has 2 aromatic heterocycles. The van der Waals surface area contributed by atoms with Crippen LogP contribution in [0.1, 0.15) is 36.8 Å². The summed E-state index contributed by atoms with van der Waals surface area (Å²) in [6, 6.07) is 0. The first kappa shape index (κ1) is 14.9. The second kappa shape index (κ2) is 6.81. The maximum Gasteiger partial charge on any atom is 0.194 e. The molecule has 0 fully saturated rings. The molecule has 0 aliphatic carbocycles. The van der Waals surface area contributed by atoms with Crippen LogP contribution in [0, 0.1) is 13.8 Å². The minimum absolute atomic E-state index is 0.551. The Hall–Kier alpha value is -1.47. The van der Waals surface area contributed by atoms with E-state index in [0.717, 1.165) is 41.4 Å². The van der Waals surface area contributed by atoms with Crippen LogP contribution in [0.2, 0.25) is 0 Å². The van der Waals surface area contributed by atoms with Gasteiger partial charge in [0.05, 0.1) is 17.6 Å². The molecule has 0 saturated heterocycles. The van der Waals surface area contributed by atoms with Gasteiger partial charge in [-0.1, -0.05) is 13.3 Å². The van der Waals surface area contributed by atoms with Gasteiger partial charge in [0.2, 0.25) is 0 Å². The molecule has 108 valence electrons. The van der Waals surface area contributed by atoms with Crippen molar-refractivity contribution in [1.82, 2.24) is 20.1 Å². The number of unbranched alkanes of at least 4 members (excludes halogenated alkanes) is 1. The molecule has 0 bridgehead atoms. The molecule has 5 nitrogen and oxygen atoms in total. The van der Waals surface area contributed by atoms with Gasteiger partial charge in [0.15, 0.2) is 10.1 Å². The first-order valence-corrected chi connectivity index (χ1v) is 7.92. The van der Waals surface area contributed by atoms with Gasteiger partial charge in [-0.15, -0.1) is 11.3 Å². The Balaban J connectivity index is 2.01. The van der Waals surface area contributed by atoms with Gasteiger partial charge in [0.25, 0.3) is 0 Å². The zero-order valence-electron chi connectivity index (χ0n) is 11.9. The van der Waals surface area contributed by atoms with Gasteiger partial charge in [0.1, 0.15) is 0 Å². The lowest BCUT2D eigenvalue weighted by Gasteiger charge is -2.05. The fourth-order valence-corrected chi connectivity index (χ4v) is 2.92. The van der Waals surface area contributed by atoms with Crippen LogP contribution in [0.5, 0.6) is 0 Å². The number of rotatable bonds is 5. The molecule has 0 aromatic carbocycles. The number of aromatic nitrogens is 2. The van der Waals surface area contributed by atoms with E-state index in [1.165, 1.54) is 0 Å². The average Bonchev–Trinajstić information content (AvgIpc) is 2.91. The second-order valence-corrected chi connectivity index (χ2v) is 5.80. The van der Waals surface area contributed by atoms with Crippen molar-refractivity contribution in [3.63, 3.8) is 0 Å². The summed E-state index contributed by atoms with van der Waals surface area (Å²) in [5.41, 5.74) is 5.95. The quantitative estimate of drug-likeness (QED) is 0.386. The van der Waals surface area contributed by atoms with Crippen molar-refractivity contribution in [2.24, 2.45) is 5.10 Å². The number of fused-ring (bicyclic) bond motifs is 1. The van der Waals surface area contributed by atoms with Crippen LogP contribution in [0.4, 0.5) is 0 Å². The Bertz CT molecular complexity index is 626. The van der Waals surface area contributed by atoms with Crippen molar-refractivity contribution in [3.8, 4) is 0 Å². The lowest BCUT2D eigenvalue weighted by Crippen LogP contribution is -2.32. The van der Waals surface area contributed by atoms with Crippen LogP contribution >= 0.6 is 23.6 Å². The third-order valence-corrected chi connectivity index (χ3v) is 4.10. The van der Waals surface area contributed by atoms with Crippen molar-refractivity contribution in [1.29, 1.82) is 0 Å². The monoisotopic (exact) mass is 309 g/mol. The van der Waals surface area contributed by atoms with Gasteiger partial charge >= 0.3 is 0 Å². The zero-order chi connectivity index (χ0) is 14.5. The van der Waals surface area contributed by atoms with E-state index >= 15 is 0 Å². The molecule has 2 rings (SSSR count). The Morgan fingerprint density at radius 2 is 2.35 bits per heavy atom. The van der Waals surface area contributed by atoms with Crippen molar-refractivity contribution in [3.05, 3.63) is 22.5 Å². The van der Waals surface area contributed by atoms with E-state index in [4.69, 9.17) is 12.2 Å². The summed E-state index contributed by atoms with van der Waals surface area (Å²) in [7, 11) is 0.